The predicted octanol–water partition coefficient (Wildman–Crippen LogP) is 6.35. The molecule has 0 aromatic heterocycles. The Hall–Kier alpha value is -3.46. The van der Waals surface area contributed by atoms with Crippen LogP contribution >= 0.6 is 0 Å². The van der Waals surface area contributed by atoms with Crippen LogP contribution in [0.4, 0.5) is 5.69 Å². The van der Waals surface area contributed by atoms with Crippen LogP contribution in [-0.2, 0) is 13.2 Å². The third-order valence-electron chi connectivity index (χ3n) is 5.02. The molecule has 29 heavy (non-hydrogen) atoms. The molecule has 0 fully saturated rings. The van der Waals surface area contributed by atoms with Gasteiger partial charge in [-0.15, -0.1) is 0 Å². The molecule has 0 aliphatic heterocycles. The minimum absolute atomic E-state index is 0.518. The first kappa shape index (κ1) is 18.9. The van der Waals surface area contributed by atoms with Crippen molar-refractivity contribution in [1.29, 1.82) is 0 Å². The Morgan fingerprint density at radius 2 is 1.52 bits per heavy atom. The second-order valence-electron chi connectivity index (χ2n) is 7.14. The van der Waals surface area contributed by atoms with E-state index in [0.717, 1.165) is 28.3 Å². The first-order chi connectivity index (χ1) is 14.2. The number of fused-ring (bicyclic) bond motifs is 1. The number of hydrogen-bond donors (Lipinski definition) is 1. The van der Waals surface area contributed by atoms with Gasteiger partial charge in [-0.1, -0.05) is 72.3 Å². The molecule has 0 spiro atoms. The van der Waals surface area contributed by atoms with Gasteiger partial charge in [0.1, 0.15) is 6.61 Å². The minimum Gasteiger partial charge on any atom is -0.493 e. The first-order valence-electron chi connectivity index (χ1n) is 9.80. The van der Waals surface area contributed by atoms with Gasteiger partial charge in [-0.3, -0.25) is 0 Å². The molecule has 0 unspecified atom stereocenters. The average Bonchev–Trinajstić information content (AvgIpc) is 2.77. The molecule has 0 amide bonds. The van der Waals surface area contributed by atoms with Crippen molar-refractivity contribution in [3.05, 3.63) is 102 Å². The lowest BCUT2D eigenvalue weighted by atomic mass is 10.1. The van der Waals surface area contributed by atoms with Crippen LogP contribution in [0, 0.1) is 6.92 Å². The summed E-state index contributed by atoms with van der Waals surface area (Å²) in [5.41, 5.74) is 4.65. The van der Waals surface area contributed by atoms with Crippen molar-refractivity contribution in [2.24, 2.45) is 0 Å². The maximum absolute atomic E-state index is 5.98. The summed E-state index contributed by atoms with van der Waals surface area (Å²) in [4.78, 5) is 0. The van der Waals surface area contributed by atoms with E-state index in [-0.39, 0.29) is 0 Å². The molecular formula is C26H25NO2. The number of anilines is 1. The highest BCUT2D eigenvalue weighted by atomic mass is 16.5. The van der Waals surface area contributed by atoms with Gasteiger partial charge in [0, 0.05) is 17.6 Å². The van der Waals surface area contributed by atoms with E-state index in [1.165, 1.54) is 16.3 Å². The Kier molecular flexibility index (Phi) is 5.66. The molecule has 0 saturated heterocycles. The van der Waals surface area contributed by atoms with E-state index in [0.29, 0.717) is 13.2 Å². The van der Waals surface area contributed by atoms with Crippen molar-refractivity contribution in [2.75, 3.05) is 12.4 Å². The Morgan fingerprint density at radius 1 is 0.759 bits per heavy atom. The topological polar surface area (TPSA) is 30.5 Å². The smallest absolute Gasteiger partial charge is 0.161 e. The van der Waals surface area contributed by atoms with E-state index in [2.05, 4.69) is 85.0 Å². The van der Waals surface area contributed by atoms with Gasteiger partial charge in [0.2, 0.25) is 0 Å². The summed E-state index contributed by atoms with van der Waals surface area (Å²) < 4.78 is 11.5. The van der Waals surface area contributed by atoms with Gasteiger partial charge in [-0.25, -0.2) is 0 Å². The molecule has 0 saturated carbocycles. The fourth-order valence-corrected chi connectivity index (χ4v) is 3.36. The fourth-order valence-electron chi connectivity index (χ4n) is 3.36. The number of aryl methyl sites for hydroxylation is 1. The van der Waals surface area contributed by atoms with E-state index in [4.69, 9.17) is 9.47 Å². The normalized spacial score (nSPS) is 10.7. The zero-order chi connectivity index (χ0) is 20.1. The Labute approximate surface area is 171 Å². The van der Waals surface area contributed by atoms with Crippen LogP contribution in [0.3, 0.4) is 0 Å². The summed E-state index contributed by atoms with van der Waals surface area (Å²) >= 11 is 0. The summed E-state index contributed by atoms with van der Waals surface area (Å²) in [6.07, 6.45) is 0. The number of nitrogens with one attached hydrogen (secondary N) is 1. The van der Waals surface area contributed by atoms with E-state index in [1.54, 1.807) is 7.11 Å². The van der Waals surface area contributed by atoms with Crippen molar-refractivity contribution in [3.8, 4) is 11.5 Å². The number of benzene rings is 4. The number of hydrogen-bond acceptors (Lipinski definition) is 3. The van der Waals surface area contributed by atoms with Crippen molar-refractivity contribution < 1.29 is 9.47 Å². The van der Waals surface area contributed by atoms with E-state index < -0.39 is 0 Å². The van der Waals surface area contributed by atoms with Crippen molar-refractivity contribution in [2.45, 2.75) is 20.1 Å². The molecule has 1 N–H and O–H groups in total. The van der Waals surface area contributed by atoms with E-state index >= 15 is 0 Å². The van der Waals surface area contributed by atoms with Gasteiger partial charge in [0.15, 0.2) is 11.5 Å². The quantitative estimate of drug-likeness (QED) is 0.403. The minimum atomic E-state index is 0.518. The molecule has 4 rings (SSSR count). The van der Waals surface area contributed by atoms with Crippen LogP contribution in [-0.4, -0.2) is 7.11 Å². The fraction of sp³-hybridized carbons (Fsp3) is 0.154. The van der Waals surface area contributed by atoms with E-state index in [1.807, 2.05) is 12.1 Å². The molecule has 4 aromatic carbocycles. The SMILES string of the molecule is COc1cc(CNc2cccc3ccccc23)ccc1OCc1ccc(C)cc1. The van der Waals surface area contributed by atoms with E-state index in [9.17, 15) is 0 Å². The maximum Gasteiger partial charge on any atom is 0.161 e. The monoisotopic (exact) mass is 383 g/mol. The van der Waals surface area contributed by atoms with Gasteiger partial charge in [-0.2, -0.15) is 0 Å². The molecule has 0 heterocycles. The largest absolute Gasteiger partial charge is 0.493 e. The molecule has 0 atom stereocenters. The van der Waals surface area contributed by atoms with Crippen LogP contribution < -0.4 is 14.8 Å². The number of ether oxygens (including phenoxy) is 2. The third kappa shape index (κ3) is 4.52. The second kappa shape index (κ2) is 8.70. The Balaban J connectivity index is 1.45. The lowest BCUT2D eigenvalue weighted by Gasteiger charge is -2.14. The Morgan fingerprint density at radius 3 is 2.34 bits per heavy atom. The molecule has 4 aromatic rings. The van der Waals surface area contributed by atoms with Gasteiger partial charge >= 0.3 is 0 Å². The van der Waals surface area contributed by atoms with Crippen molar-refractivity contribution in [1.82, 2.24) is 0 Å². The predicted molar refractivity (Wildman–Crippen MR) is 120 cm³/mol. The molecule has 146 valence electrons. The zero-order valence-corrected chi connectivity index (χ0v) is 16.8. The summed E-state index contributed by atoms with van der Waals surface area (Å²) in [6, 6.07) is 29.2. The van der Waals surface area contributed by atoms with Crippen molar-refractivity contribution >= 4 is 16.5 Å². The summed E-state index contributed by atoms with van der Waals surface area (Å²) in [5, 5.41) is 6.00. The number of rotatable bonds is 7. The zero-order valence-electron chi connectivity index (χ0n) is 16.8. The van der Waals surface area contributed by atoms with Crippen LogP contribution in [0.25, 0.3) is 10.8 Å². The summed E-state index contributed by atoms with van der Waals surface area (Å²) in [6.45, 7) is 3.31. The second-order valence-corrected chi connectivity index (χ2v) is 7.14. The number of methoxy groups -OCH3 is 1. The standard InChI is InChI=1S/C26H25NO2/c1-19-10-12-20(13-11-19)18-29-25-15-14-21(16-26(25)28-2)17-27-24-9-5-7-22-6-3-4-8-23(22)24/h3-16,27H,17-18H2,1-2H3. The lowest BCUT2D eigenvalue weighted by molar-refractivity contribution is 0.284. The molecule has 0 radical (unpaired) electrons. The van der Waals surface area contributed by atoms with Crippen molar-refractivity contribution in [3.63, 3.8) is 0 Å². The Bertz CT molecular complexity index is 1100. The van der Waals surface area contributed by atoms with Crippen LogP contribution in [0.15, 0.2) is 84.9 Å². The molecular weight excluding hydrogens is 358 g/mol. The van der Waals surface area contributed by atoms with Crippen LogP contribution in [0.1, 0.15) is 16.7 Å². The highest BCUT2D eigenvalue weighted by Gasteiger charge is 2.07. The highest BCUT2D eigenvalue weighted by molar-refractivity contribution is 5.93. The summed E-state index contributed by atoms with van der Waals surface area (Å²) in [5.74, 6) is 1.50. The van der Waals surface area contributed by atoms with Gasteiger partial charge < -0.3 is 14.8 Å². The lowest BCUT2D eigenvalue weighted by Crippen LogP contribution is -2.02. The highest BCUT2D eigenvalue weighted by Crippen LogP contribution is 2.30. The first-order valence-corrected chi connectivity index (χ1v) is 9.80. The summed E-state index contributed by atoms with van der Waals surface area (Å²) in [7, 11) is 1.68. The molecule has 0 aliphatic carbocycles. The molecule has 0 aliphatic rings. The van der Waals surface area contributed by atoms with Crippen LogP contribution in [0.2, 0.25) is 0 Å². The molecule has 3 heteroatoms. The maximum atomic E-state index is 5.98. The van der Waals surface area contributed by atoms with Crippen LogP contribution in [0.5, 0.6) is 11.5 Å². The van der Waals surface area contributed by atoms with Gasteiger partial charge in [0.25, 0.3) is 0 Å². The van der Waals surface area contributed by atoms with Gasteiger partial charge in [-0.05, 0) is 41.6 Å². The molecule has 0 bridgehead atoms. The van der Waals surface area contributed by atoms with Gasteiger partial charge in [0.05, 0.1) is 7.11 Å². The average molecular weight is 383 g/mol. The third-order valence-corrected chi connectivity index (χ3v) is 5.02. The molecule has 3 nitrogen and oxygen atoms in total.